The van der Waals surface area contributed by atoms with Gasteiger partial charge >= 0.3 is 0 Å². The van der Waals surface area contributed by atoms with Gasteiger partial charge in [-0.25, -0.2) is 0 Å². The fourth-order valence-corrected chi connectivity index (χ4v) is 2.44. The minimum atomic E-state index is 0.226. The van der Waals surface area contributed by atoms with E-state index in [1.807, 2.05) is 0 Å². The second-order valence-corrected chi connectivity index (χ2v) is 6.46. The maximum absolute atomic E-state index is 3.62. The third kappa shape index (κ3) is 5.41. The number of alkyl halides is 2. The van der Waals surface area contributed by atoms with Gasteiger partial charge in [0.05, 0.1) is 3.23 Å². The molecule has 0 radical (unpaired) electrons. The van der Waals surface area contributed by atoms with Crippen molar-refractivity contribution in [2.75, 3.05) is 0 Å². The number of halogens is 2. The van der Waals surface area contributed by atoms with Gasteiger partial charge in [-0.3, -0.25) is 0 Å². The van der Waals surface area contributed by atoms with Crippen molar-refractivity contribution in [3.63, 3.8) is 0 Å². The van der Waals surface area contributed by atoms with Crippen LogP contribution in [-0.4, -0.2) is 3.23 Å². The Labute approximate surface area is 74.7 Å². The van der Waals surface area contributed by atoms with E-state index in [1.54, 1.807) is 0 Å². The van der Waals surface area contributed by atoms with Gasteiger partial charge in [-0.2, -0.15) is 0 Å². The van der Waals surface area contributed by atoms with Crippen molar-refractivity contribution < 1.29 is 0 Å². The van der Waals surface area contributed by atoms with Gasteiger partial charge in [0.2, 0.25) is 0 Å². The van der Waals surface area contributed by atoms with Crippen LogP contribution in [0.25, 0.3) is 0 Å². The molecule has 56 valence electrons. The topological polar surface area (TPSA) is 0 Å². The Hall–Kier alpha value is 0.960. The Kier molecular flexibility index (Phi) is 5.23. The summed E-state index contributed by atoms with van der Waals surface area (Å²) in [5.41, 5.74) is 0. The Morgan fingerprint density at radius 1 is 1.00 bits per heavy atom. The van der Waals surface area contributed by atoms with E-state index in [9.17, 15) is 0 Å². The lowest BCUT2D eigenvalue weighted by molar-refractivity contribution is 0.653. The minimum absolute atomic E-state index is 0.226. The van der Waals surface area contributed by atoms with Crippen LogP contribution in [0.5, 0.6) is 0 Å². The Bertz CT molecular complexity index is 61.3. The maximum Gasteiger partial charge on any atom is 0.0805 e. The highest BCUT2D eigenvalue weighted by molar-refractivity contribution is 9.25. The van der Waals surface area contributed by atoms with E-state index in [4.69, 9.17) is 0 Å². The number of rotatable bonds is 4. The molecule has 0 aromatic carbocycles. The highest BCUT2D eigenvalue weighted by atomic mass is 79.9. The minimum Gasteiger partial charge on any atom is -0.0727 e. The van der Waals surface area contributed by atoms with Crippen LogP contribution in [0.4, 0.5) is 0 Å². The predicted molar refractivity (Wildman–Crippen MR) is 50.4 cm³/mol. The molecule has 2 heteroatoms. The summed E-state index contributed by atoms with van der Waals surface area (Å²) < 4.78 is 0.226. The molecule has 0 saturated heterocycles. The molecule has 0 aliphatic heterocycles. The highest BCUT2D eigenvalue weighted by Gasteiger charge is 2.18. The van der Waals surface area contributed by atoms with Gasteiger partial charge in [0, 0.05) is 0 Å². The summed E-state index contributed by atoms with van der Waals surface area (Å²) in [5.74, 6) is 0. The van der Waals surface area contributed by atoms with E-state index in [-0.39, 0.29) is 3.23 Å². The van der Waals surface area contributed by atoms with Gasteiger partial charge in [0.25, 0.3) is 0 Å². The van der Waals surface area contributed by atoms with Crippen LogP contribution in [0.3, 0.4) is 0 Å². The molecule has 0 bridgehead atoms. The van der Waals surface area contributed by atoms with E-state index in [0.29, 0.717) is 0 Å². The lowest BCUT2D eigenvalue weighted by atomic mass is 10.2. The molecule has 0 N–H and O–H groups in total. The molecular weight excluding hydrogens is 244 g/mol. The molecule has 0 saturated carbocycles. The van der Waals surface area contributed by atoms with Gasteiger partial charge in [-0.1, -0.05) is 58.5 Å². The summed E-state index contributed by atoms with van der Waals surface area (Å²) in [7, 11) is 0. The molecule has 0 rings (SSSR count). The average Bonchev–Trinajstić information content (AvgIpc) is 1.64. The summed E-state index contributed by atoms with van der Waals surface area (Å²) in [6.07, 6.45) is 4.88. The van der Waals surface area contributed by atoms with E-state index in [0.717, 1.165) is 0 Å². The quantitative estimate of drug-likeness (QED) is 0.666. The van der Waals surface area contributed by atoms with Crippen molar-refractivity contribution in [2.24, 2.45) is 0 Å². The van der Waals surface area contributed by atoms with Crippen LogP contribution in [0.1, 0.15) is 39.5 Å². The molecule has 0 nitrogen and oxygen atoms in total. The smallest absolute Gasteiger partial charge is 0.0727 e. The van der Waals surface area contributed by atoms with E-state index in [1.165, 1.54) is 25.7 Å². The zero-order valence-electron chi connectivity index (χ0n) is 6.08. The van der Waals surface area contributed by atoms with Crippen molar-refractivity contribution >= 4 is 31.9 Å². The van der Waals surface area contributed by atoms with Crippen LogP contribution >= 0.6 is 31.9 Å². The summed E-state index contributed by atoms with van der Waals surface area (Å²) in [5, 5.41) is 0. The third-order valence-electron chi connectivity index (χ3n) is 1.23. The summed E-state index contributed by atoms with van der Waals surface area (Å²) in [4.78, 5) is 0. The standard InChI is InChI=1S/C7H14Br2/c1-3-5-7(8,9)6-4-2/h3-6H2,1-2H3. The van der Waals surface area contributed by atoms with Gasteiger partial charge < -0.3 is 0 Å². The normalized spacial score (nSPS) is 12.0. The average molecular weight is 258 g/mol. The van der Waals surface area contributed by atoms with Crippen LogP contribution < -0.4 is 0 Å². The van der Waals surface area contributed by atoms with Crippen molar-refractivity contribution in [3.05, 3.63) is 0 Å². The highest BCUT2D eigenvalue weighted by Crippen LogP contribution is 2.35. The molecular formula is C7H14Br2. The summed E-state index contributed by atoms with van der Waals surface area (Å²) in [6, 6.07) is 0. The lowest BCUT2D eigenvalue weighted by Gasteiger charge is -2.17. The molecule has 9 heavy (non-hydrogen) atoms. The number of hydrogen-bond acceptors (Lipinski definition) is 0. The first-order valence-electron chi connectivity index (χ1n) is 3.50. The van der Waals surface area contributed by atoms with Crippen molar-refractivity contribution in [1.82, 2.24) is 0 Å². The van der Waals surface area contributed by atoms with E-state index >= 15 is 0 Å². The molecule has 0 unspecified atom stereocenters. The molecule has 0 fully saturated rings. The molecule has 0 spiro atoms. The maximum atomic E-state index is 3.62. The molecule has 0 aliphatic carbocycles. The van der Waals surface area contributed by atoms with Crippen LogP contribution in [-0.2, 0) is 0 Å². The predicted octanol–water partition coefficient (Wildman–Crippen LogP) is 4.07. The largest absolute Gasteiger partial charge is 0.0805 e. The number of hydrogen-bond donors (Lipinski definition) is 0. The van der Waals surface area contributed by atoms with E-state index < -0.39 is 0 Å². The molecule has 0 amide bonds. The van der Waals surface area contributed by atoms with Crippen LogP contribution in [0.15, 0.2) is 0 Å². The molecule has 0 aromatic rings. The Morgan fingerprint density at radius 3 is 1.56 bits per heavy atom. The Balaban J connectivity index is 3.43. The summed E-state index contributed by atoms with van der Waals surface area (Å²) >= 11 is 7.24. The van der Waals surface area contributed by atoms with Crippen molar-refractivity contribution in [3.8, 4) is 0 Å². The molecule has 0 heterocycles. The SMILES string of the molecule is CCCC(Br)(Br)CCC. The van der Waals surface area contributed by atoms with Gasteiger partial charge in [0.15, 0.2) is 0 Å². The van der Waals surface area contributed by atoms with Gasteiger partial charge in [-0.15, -0.1) is 0 Å². The zero-order valence-corrected chi connectivity index (χ0v) is 9.26. The van der Waals surface area contributed by atoms with E-state index in [2.05, 4.69) is 45.7 Å². The van der Waals surface area contributed by atoms with Crippen LogP contribution in [0, 0.1) is 0 Å². The third-order valence-corrected chi connectivity index (χ3v) is 2.82. The second kappa shape index (κ2) is 4.73. The summed E-state index contributed by atoms with van der Waals surface area (Å²) in [6.45, 7) is 4.40. The first-order chi connectivity index (χ1) is 4.12. The van der Waals surface area contributed by atoms with Crippen molar-refractivity contribution in [1.29, 1.82) is 0 Å². The molecule has 0 aromatic heterocycles. The van der Waals surface area contributed by atoms with Gasteiger partial charge in [0.1, 0.15) is 0 Å². The lowest BCUT2D eigenvalue weighted by Crippen LogP contribution is -2.08. The zero-order chi connectivity index (χ0) is 7.33. The first kappa shape index (κ1) is 9.96. The molecule has 0 atom stereocenters. The van der Waals surface area contributed by atoms with Gasteiger partial charge in [-0.05, 0) is 12.8 Å². The fourth-order valence-electron chi connectivity index (χ4n) is 0.857. The first-order valence-corrected chi connectivity index (χ1v) is 5.09. The fraction of sp³-hybridized carbons (Fsp3) is 1.00. The monoisotopic (exact) mass is 256 g/mol. The molecule has 0 aliphatic rings. The second-order valence-electron chi connectivity index (χ2n) is 2.36. The van der Waals surface area contributed by atoms with Crippen molar-refractivity contribution in [2.45, 2.75) is 42.8 Å². The Morgan fingerprint density at radius 2 is 1.33 bits per heavy atom. The van der Waals surface area contributed by atoms with Crippen LogP contribution in [0.2, 0.25) is 0 Å².